The van der Waals surface area contributed by atoms with Gasteiger partial charge in [0.05, 0.1) is 11.7 Å². The Balaban J connectivity index is 2.89. The Kier molecular flexibility index (Phi) is 2.61. The molecule has 7 heteroatoms. The molecule has 0 radical (unpaired) electrons. The third-order valence-corrected chi connectivity index (χ3v) is 3.39. The van der Waals surface area contributed by atoms with Crippen molar-refractivity contribution >= 4 is 37.0 Å². The Morgan fingerprint density at radius 3 is 2.62 bits per heavy atom. The van der Waals surface area contributed by atoms with Crippen molar-refractivity contribution in [1.82, 2.24) is 4.98 Å². The highest BCUT2D eigenvalue weighted by Crippen LogP contribution is 2.31. The summed E-state index contributed by atoms with van der Waals surface area (Å²) in [6.07, 6.45) is 0.918. The second kappa shape index (κ2) is 3.69. The van der Waals surface area contributed by atoms with E-state index in [2.05, 4.69) is 20.9 Å². The first-order valence-electron chi connectivity index (χ1n) is 4.14. The van der Waals surface area contributed by atoms with Crippen LogP contribution >= 0.6 is 15.9 Å². The number of benzene rings is 1. The molecular formula is C9H6BrNO4S. The molecule has 0 fully saturated rings. The lowest BCUT2D eigenvalue weighted by molar-refractivity contribution is 0.447. The van der Waals surface area contributed by atoms with E-state index in [-0.39, 0.29) is 5.39 Å². The summed E-state index contributed by atoms with van der Waals surface area (Å²) in [4.78, 5) is 3.23. The van der Waals surface area contributed by atoms with Crippen LogP contribution < -0.4 is 0 Å². The van der Waals surface area contributed by atoms with Crippen LogP contribution in [-0.2, 0) is 10.1 Å². The molecule has 0 bridgehead atoms. The largest absolute Gasteiger partial charge is 0.506 e. The van der Waals surface area contributed by atoms with E-state index in [1.54, 1.807) is 12.1 Å². The van der Waals surface area contributed by atoms with Crippen LogP contribution in [0.25, 0.3) is 10.9 Å². The van der Waals surface area contributed by atoms with Gasteiger partial charge >= 0.3 is 0 Å². The van der Waals surface area contributed by atoms with Crippen LogP contribution in [0.3, 0.4) is 0 Å². The zero-order chi connectivity index (χ0) is 11.9. The fraction of sp³-hybridized carbons (Fsp3) is 0. The van der Waals surface area contributed by atoms with Gasteiger partial charge in [0, 0.05) is 9.86 Å². The van der Waals surface area contributed by atoms with Crippen LogP contribution in [0.2, 0.25) is 0 Å². The first-order valence-corrected chi connectivity index (χ1v) is 6.37. The predicted octanol–water partition coefficient (Wildman–Crippen LogP) is 1.95. The normalized spacial score (nSPS) is 11.9. The lowest BCUT2D eigenvalue weighted by atomic mass is 10.2. The summed E-state index contributed by atoms with van der Waals surface area (Å²) in [7, 11) is -4.47. The second-order valence-electron chi connectivity index (χ2n) is 3.11. The number of hydrogen-bond acceptors (Lipinski definition) is 4. The minimum Gasteiger partial charge on any atom is -0.506 e. The maximum absolute atomic E-state index is 10.9. The van der Waals surface area contributed by atoms with Gasteiger partial charge in [-0.15, -0.1) is 0 Å². The maximum atomic E-state index is 10.9. The number of hydrogen-bond donors (Lipinski definition) is 2. The Morgan fingerprint density at radius 2 is 2.00 bits per heavy atom. The van der Waals surface area contributed by atoms with Crippen molar-refractivity contribution in [2.45, 2.75) is 4.90 Å². The topological polar surface area (TPSA) is 87.5 Å². The number of nitrogens with zero attached hydrogens (tertiary/aromatic N) is 1. The van der Waals surface area contributed by atoms with E-state index in [0.29, 0.717) is 9.99 Å². The highest BCUT2D eigenvalue weighted by atomic mass is 79.9. The molecule has 16 heavy (non-hydrogen) atoms. The van der Waals surface area contributed by atoms with Crippen LogP contribution in [0, 0.1) is 0 Å². The molecule has 0 aliphatic rings. The Labute approximate surface area is 99.6 Å². The fourth-order valence-corrected chi connectivity index (χ4v) is 2.22. The van der Waals surface area contributed by atoms with Crippen molar-refractivity contribution in [2.24, 2.45) is 0 Å². The molecule has 2 N–H and O–H groups in total. The van der Waals surface area contributed by atoms with E-state index < -0.39 is 20.8 Å². The van der Waals surface area contributed by atoms with Gasteiger partial charge in [-0.3, -0.25) is 9.54 Å². The molecule has 0 saturated heterocycles. The number of pyridine rings is 1. The van der Waals surface area contributed by atoms with Crippen molar-refractivity contribution in [1.29, 1.82) is 0 Å². The third kappa shape index (κ3) is 1.89. The van der Waals surface area contributed by atoms with E-state index in [1.165, 1.54) is 6.07 Å². The second-order valence-corrected chi connectivity index (χ2v) is 5.41. The molecule has 0 aliphatic carbocycles. The summed E-state index contributed by atoms with van der Waals surface area (Å²) >= 11 is 3.19. The smallest absolute Gasteiger partial charge is 0.299 e. The van der Waals surface area contributed by atoms with Crippen LogP contribution in [0.4, 0.5) is 0 Å². The molecule has 0 amide bonds. The minimum atomic E-state index is -4.47. The fourth-order valence-electron chi connectivity index (χ4n) is 1.32. The van der Waals surface area contributed by atoms with Gasteiger partial charge in [0.2, 0.25) is 0 Å². The zero-order valence-electron chi connectivity index (χ0n) is 7.75. The Hall–Kier alpha value is -1.18. The van der Waals surface area contributed by atoms with Gasteiger partial charge in [-0.1, -0.05) is 15.9 Å². The van der Waals surface area contributed by atoms with Gasteiger partial charge in [0.15, 0.2) is 4.90 Å². The summed E-state index contributed by atoms with van der Waals surface area (Å²) in [5.74, 6) is -0.506. The van der Waals surface area contributed by atoms with E-state index in [4.69, 9.17) is 4.55 Å². The van der Waals surface area contributed by atoms with Crippen LogP contribution in [-0.4, -0.2) is 23.1 Å². The SMILES string of the molecule is O=S(=O)(O)c1cnc2ccc(Br)cc2c1O. The third-order valence-electron chi connectivity index (χ3n) is 2.05. The molecular weight excluding hydrogens is 298 g/mol. The summed E-state index contributed by atoms with van der Waals surface area (Å²) < 4.78 is 31.4. The molecule has 0 aliphatic heterocycles. The molecule has 1 heterocycles. The summed E-state index contributed by atoms with van der Waals surface area (Å²) in [5.41, 5.74) is 0.438. The molecule has 2 rings (SSSR count). The standard InChI is InChI=1S/C9H6BrNO4S/c10-5-1-2-7-6(3-5)9(12)8(4-11-7)16(13,14)15/h1-4H,(H,11,12)(H,13,14,15). The van der Waals surface area contributed by atoms with Gasteiger partial charge in [0.25, 0.3) is 10.1 Å². The van der Waals surface area contributed by atoms with Crippen LogP contribution in [0.15, 0.2) is 33.8 Å². The van der Waals surface area contributed by atoms with Crippen LogP contribution in [0.5, 0.6) is 5.75 Å². The minimum absolute atomic E-state index is 0.254. The van der Waals surface area contributed by atoms with E-state index in [1.807, 2.05) is 0 Å². The van der Waals surface area contributed by atoms with E-state index in [0.717, 1.165) is 6.20 Å². The molecule has 0 atom stereocenters. The number of aromatic nitrogens is 1. The van der Waals surface area contributed by atoms with Gasteiger partial charge < -0.3 is 5.11 Å². The van der Waals surface area contributed by atoms with Crippen molar-refractivity contribution < 1.29 is 18.1 Å². The monoisotopic (exact) mass is 303 g/mol. The van der Waals surface area contributed by atoms with E-state index >= 15 is 0 Å². The zero-order valence-corrected chi connectivity index (χ0v) is 10.2. The van der Waals surface area contributed by atoms with Crippen molar-refractivity contribution in [3.8, 4) is 5.75 Å². The van der Waals surface area contributed by atoms with Crippen LogP contribution in [0.1, 0.15) is 0 Å². The predicted molar refractivity (Wildman–Crippen MR) is 60.9 cm³/mol. The van der Waals surface area contributed by atoms with Crippen molar-refractivity contribution in [2.75, 3.05) is 0 Å². The van der Waals surface area contributed by atoms with Crippen molar-refractivity contribution in [3.63, 3.8) is 0 Å². The Morgan fingerprint density at radius 1 is 1.31 bits per heavy atom. The summed E-state index contributed by atoms with van der Waals surface area (Å²) in [6, 6.07) is 4.85. The molecule has 0 spiro atoms. The highest BCUT2D eigenvalue weighted by molar-refractivity contribution is 9.10. The van der Waals surface area contributed by atoms with Gasteiger partial charge in [-0.05, 0) is 18.2 Å². The maximum Gasteiger partial charge on any atom is 0.299 e. The molecule has 1 aromatic carbocycles. The van der Waals surface area contributed by atoms with Crippen molar-refractivity contribution in [3.05, 3.63) is 28.9 Å². The Bertz CT molecular complexity index is 669. The van der Waals surface area contributed by atoms with E-state index in [9.17, 15) is 13.5 Å². The highest BCUT2D eigenvalue weighted by Gasteiger charge is 2.18. The molecule has 84 valence electrons. The molecule has 0 saturated carbocycles. The first kappa shape index (κ1) is 11.3. The molecule has 0 unspecified atom stereocenters. The number of fused-ring (bicyclic) bond motifs is 1. The quantitative estimate of drug-likeness (QED) is 0.786. The lowest BCUT2D eigenvalue weighted by Crippen LogP contribution is -1.99. The average Bonchev–Trinajstić information content (AvgIpc) is 2.17. The summed E-state index contributed by atoms with van der Waals surface area (Å²) in [6.45, 7) is 0. The van der Waals surface area contributed by atoms with Gasteiger partial charge in [-0.25, -0.2) is 0 Å². The number of rotatable bonds is 1. The molecule has 1 aromatic heterocycles. The lowest BCUT2D eigenvalue weighted by Gasteiger charge is -2.04. The molecule has 5 nitrogen and oxygen atoms in total. The van der Waals surface area contributed by atoms with Gasteiger partial charge in [0.1, 0.15) is 5.75 Å². The van der Waals surface area contributed by atoms with Gasteiger partial charge in [-0.2, -0.15) is 8.42 Å². The number of halogens is 1. The number of aromatic hydroxyl groups is 1. The average molecular weight is 304 g/mol. The first-order chi connectivity index (χ1) is 7.39. The summed E-state index contributed by atoms with van der Waals surface area (Å²) in [5, 5.41) is 9.96. The molecule has 2 aromatic rings.